The largest absolute Gasteiger partial charge is 0.381 e. The summed E-state index contributed by atoms with van der Waals surface area (Å²) < 4.78 is 5.38. The molecule has 0 aromatic heterocycles. The maximum Gasteiger partial charge on any atom is 0.223 e. The third-order valence-corrected chi connectivity index (χ3v) is 2.71. The minimum absolute atomic E-state index is 0.0532. The molecule has 1 rings (SSSR count). The van der Waals surface area contributed by atoms with E-state index in [-0.39, 0.29) is 11.9 Å². The van der Waals surface area contributed by atoms with Crippen molar-refractivity contribution in [3.63, 3.8) is 0 Å². The summed E-state index contributed by atoms with van der Waals surface area (Å²) in [6.45, 7) is 4.31. The van der Waals surface area contributed by atoms with Gasteiger partial charge in [-0.3, -0.25) is 4.79 Å². The zero-order valence-corrected chi connectivity index (χ0v) is 9.74. The molecule has 1 aliphatic heterocycles. The molecular formula is C11H22N2O2. The highest BCUT2D eigenvalue weighted by molar-refractivity contribution is 5.76. The van der Waals surface area contributed by atoms with Crippen molar-refractivity contribution < 1.29 is 9.53 Å². The lowest BCUT2D eigenvalue weighted by atomic mass is 10.0. The second kappa shape index (κ2) is 6.08. The fourth-order valence-corrected chi connectivity index (χ4v) is 1.87. The van der Waals surface area contributed by atoms with Crippen LogP contribution in [0.2, 0.25) is 0 Å². The zero-order valence-electron chi connectivity index (χ0n) is 9.74. The topological polar surface area (TPSA) is 55.6 Å². The number of rotatable bonds is 4. The first kappa shape index (κ1) is 12.5. The van der Waals surface area contributed by atoms with E-state index in [1.807, 2.05) is 14.0 Å². The molecule has 15 heavy (non-hydrogen) atoms. The summed E-state index contributed by atoms with van der Waals surface area (Å²) in [4.78, 5) is 13.4. The molecule has 1 saturated heterocycles. The van der Waals surface area contributed by atoms with Crippen LogP contribution in [0.1, 0.15) is 26.2 Å². The fraction of sp³-hybridized carbons (Fsp3) is 0.909. The summed E-state index contributed by atoms with van der Waals surface area (Å²) in [6, 6.07) is -0.0532. The number of nitrogens with zero attached hydrogens (tertiary/aromatic N) is 1. The Hall–Kier alpha value is -0.610. The first-order valence-electron chi connectivity index (χ1n) is 5.67. The third kappa shape index (κ3) is 4.62. The van der Waals surface area contributed by atoms with Crippen molar-refractivity contribution in [1.29, 1.82) is 0 Å². The van der Waals surface area contributed by atoms with E-state index in [0.29, 0.717) is 12.3 Å². The highest BCUT2D eigenvalue weighted by Crippen LogP contribution is 2.14. The van der Waals surface area contributed by atoms with Gasteiger partial charge in [-0.15, -0.1) is 0 Å². The molecule has 1 amide bonds. The Morgan fingerprint density at radius 1 is 1.67 bits per heavy atom. The molecule has 0 aromatic rings. The summed E-state index contributed by atoms with van der Waals surface area (Å²) in [5.41, 5.74) is 5.59. The molecule has 1 aliphatic rings. The number of hydrogen-bond acceptors (Lipinski definition) is 3. The van der Waals surface area contributed by atoms with Crippen molar-refractivity contribution in [1.82, 2.24) is 4.90 Å². The van der Waals surface area contributed by atoms with Gasteiger partial charge in [0, 0.05) is 32.7 Å². The van der Waals surface area contributed by atoms with E-state index in [0.717, 1.165) is 32.6 Å². The summed E-state index contributed by atoms with van der Waals surface area (Å²) in [5.74, 6) is 0.636. The molecule has 1 heterocycles. The van der Waals surface area contributed by atoms with E-state index < -0.39 is 0 Å². The Labute approximate surface area is 91.8 Å². The van der Waals surface area contributed by atoms with Crippen LogP contribution in [0, 0.1) is 5.92 Å². The van der Waals surface area contributed by atoms with Crippen LogP contribution in [0.25, 0.3) is 0 Å². The summed E-state index contributed by atoms with van der Waals surface area (Å²) in [5, 5.41) is 0. The van der Waals surface area contributed by atoms with Crippen molar-refractivity contribution >= 4 is 5.91 Å². The van der Waals surface area contributed by atoms with Crippen LogP contribution in [0.4, 0.5) is 0 Å². The molecule has 2 unspecified atom stereocenters. The molecule has 0 bridgehead atoms. The first-order valence-corrected chi connectivity index (χ1v) is 5.67. The van der Waals surface area contributed by atoms with E-state index in [1.54, 1.807) is 4.90 Å². The fourth-order valence-electron chi connectivity index (χ4n) is 1.87. The SMILES string of the molecule is CC(N)CC(=O)N(C)CC1CCCOC1. The van der Waals surface area contributed by atoms with Crippen molar-refractivity contribution in [3.8, 4) is 0 Å². The minimum atomic E-state index is -0.0532. The predicted molar refractivity (Wildman–Crippen MR) is 59.4 cm³/mol. The van der Waals surface area contributed by atoms with Gasteiger partial charge in [0.05, 0.1) is 6.61 Å². The Kier molecular flexibility index (Phi) is 5.05. The Balaban J connectivity index is 2.26. The van der Waals surface area contributed by atoms with Crippen LogP contribution in [0.3, 0.4) is 0 Å². The number of amides is 1. The van der Waals surface area contributed by atoms with Gasteiger partial charge in [0.2, 0.25) is 5.91 Å². The van der Waals surface area contributed by atoms with Gasteiger partial charge in [0.1, 0.15) is 0 Å². The van der Waals surface area contributed by atoms with E-state index in [2.05, 4.69) is 0 Å². The molecule has 0 aliphatic carbocycles. The van der Waals surface area contributed by atoms with Crippen LogP contribution in [-0.4, -0.2) is 43.7 Å². The van der Waals surface area contributed by atoms with Crippen LogP contribution < -0.4 is 5.73 Å². The van der Waals surface area contributed by atoms with Gasteiger partial charge in [0.15, 0.2) is 0 Å². The van der Waals surface area contributed by atoms with Crippen molar-refractivity contribution in [3.05, 3.63) is 0 Å². The highest BCUT2D eigenvalue weighted by atomic mass is 16.5. The van der Waals surface area contributed by atoms with Gasteiger partial charge in [-0.2, -0.15) is 0 Å². The maximum atomic E-state index is 11.6. The molecule has 88 valence electrons. The summed E-state index contributed by atoms with van der Waals surface area (Å²) in [6.07, 6.45) is 2.71. The first-order chi connectivity index (χ1) is 7.09. The smallest absolute Gasteiger partial charge is 0.223 e. The van der Waals surface area contributed by atoms with E-state index >= 15 is 0 Å². The molecule has 4 heteroatoms. The second-order valence-electron chi connectivity index (χ2n) is 4.54. The number of nitrogens with two attached hydrogens (primary N) is 1. The molecule has 1 fully saturated rings. The lowest BCUT2D eigenvalue weighted by molar-refractivity contribution is -0.131. The molecule has 0 aromatic carbocycles. The van der Waals surface area contributed by atoms with Crippen LogP contribution in [-0.2, 0) is 9.53 Å². The van der Waals surface area contributed by atoms with E-state index in [9.17, 15) is 4.79 Å². The lowest BCUT2D eigenvalue weighted by Gasteiger charge is -2.27. The van der Waals surface area contributed by atoms with E-state index in [4.69, 9.17) is 10.5 Å². The quantitative estimate of drug-likeness (QED) is 0.746. The van der Waals surface area contributed by atoms with Crippen molar-refractivity contribution in [2.24, 2.45) is 11.7 Å². The molecule has 4 nitrogen and oxygen atoms in total. The van der Waals surface area contributed by atoms with Gasteiger partial charge in [-0.1, -0.05) is 0 Å². The average Bonchev–Trinajstić information content (AvgIpc) is 2.18. The summed E-state index contributed by atoms with van der Waals surface area (Å²) in [7, 11) is 1.85. The second-order valence-corrected chi connectivity index (χ2v) is 4.54. The molecule has 2 atom stereocenters. The highest BCUT2D eigenvalue weighted by Gasteiger charge is 2.18. The summed E-state index contributed by atoms with van der Waals surface area (Å²) >= 11 is 0. The number of carbonyl (C=O) groups is 1. The zero-order chi connectivity index (χ0) is 11.3. The van der Waals surface area contributed by atoms with Crippen molar-refractivity contribution in [2.45, 2.75) is 32.2 Å². The minimum Gasteiger partial charge on any atom is -0.381 e. The lowest BCUT2D eigenvalue weighted by Crippen LogP contribution is -2.37. The van der Waals surface area contributed by atoms with Gasteiger partial charge in [0.25, 0.3) is 0 Å². The van der Waals surface area contributed by atoms with Gasteiger partial charge in [-0.25, -0.2) is 0 Å². The van der Waals surface area contributed by atoms with Crippen LogP contribution in [0.5, 0.6) is 0 Å². The Morgan fingerprint density at radius 2 is 2.40 bits per heavy atom. The predicted octanol–water partition coefficient (Wildman–Crippen LogP) is 0.609. The number of carbonyl (C=O) groups excluding carboxylic acids is 1. The maximum absolute atomic E-state index is 11.6. The van der Waals surface area contributed by atoms with Crippen molar-refractivity contribution in [2.75, 3.05) is 26.8 Å². The number of ether oxygens (including phenoxy) is 1. The van der Waals surface area contributed by atoms with Gasteiger partial charge in [-0.05, 0) is 25.7 Å². The monoisotopic (exact) mass is 214 g/mol. The normalized spacial score (nSPS) is 23.5. The average molecular weight is 214 g/mol. The van der Waals surface area contributed by atoms with E-state index in [1.165, 1.54) is 0 Å². The van der Waals surface area contributed by atoms with Gasteiger partial charge < -0.3 is 15.4 Å². The molecule has 0 saturated carbocycles. The Bertz CT molecular complexity index is 201. The molecule has 0 spiro atoms. The Morgan fingerprint density at radius 3 is 2.93 bits per heavy atom. The van der Waals surface area contributed by atoms with Crippen LogP contribution >= 0.6 is 0 Å². The molecule has 0 radical (unpaired) electrons. The standard InChI is InChI=1S/C11H22N2O2/c1-9(12)6-11(14)13(2)7-10-4-3-5-15-8-10/h9-10H,3-8,12H2,1-2H3. The molecule has 2 N–H and O–H groups in total. The molecular weight excluding hydrogens is 192 g/mol. The van der Waals surface area contributed by atoms with Gasteiger partial charge >= 0.3 is 0 Å². The number of hydrogen-bond donors (Lipinski definition) is 1. The third-order valence-electron chi connectivity index (χ3n) is 2.71. The van der Waals surface area contributed by atoms with Crippen LogP contribution in [0.15, 0.2) is 0 Å².